The van der Waals surface area contributed by atoms with E-state index in [1.165, 1.54) is 25.1 Å². The number of aromatic hydroxyl groups is 2. The number of benzene rings is 3. The van der Waals surface area contributed by atoms with Gasteiger partial charge in [0.2, 0.25) is 12.6 Å². The summed E-state index contributed by atoms with van der Waals surface area (Å²) in [5.41, 5.74) is 2.74. The normalized spacial score (nSPS) is 27.3. The first-order chi connectivity index (χ1) is 21.4. The van der Waals surface area contributed by atoms with Crippen molar-refractivity contribution in [2.45, 2.75) is 69.4 Å². The molecule has 6 N–H and O–H groups in total. The molecule has 2 aliphatic carbocycles. The number of Topliss-reactive ketones (excluding diaryl/α,β-unsaturated/α-hetero) is 1. The molecule has 12 heteroatoms. The molecule has 6 atom stereocenters. The summed E-state index contributed by atoms with van der Waals surface area (Å²) in [7, 11) is 0. The van der Waals surface area contributed by atoms with Gasteiger partial charge in [0.15, 0.2) is 17.9 Å². The standard InChI is InChI=1S/C33H33NO11/c1-15-28(36)20(34)11-23(44-15)45-22-13-33(41,16(2)35)12-19-25(22)32(40)27-26(30(19)38)29(37)18-9-6-10-21(24(18)31(27)39)43-14-42-17-7-4-3-5-8-17/h3-10,15,20,22-23,28,36,38,40-41H,11-14,34H2,1-2H3/t15?,20?,22-,23?,28?,33-/m0/s1. The molecule has 0 saturated carbocycles. The third kappa shape index (κ3) is 5.24. The van der Waals surface area contributed by atoms with Gasteiger partial charge in [-0.2, -0.15) is 0 Å². The number of carbonyl (C=O) groups excluding carboxylic acids is 3. The molecule has 3 aliphatic rings. The number of aliphatic hydroxyl groups is 2. The highest BCUT2D eigenvalue weighted by Crippen LogP contribution is 2.52. The van der Waals surface area contributed by atoms with Gasteiger partial charge >= 0.3 is 0 Å². The Hall–Kier alpha value is -4.33. The van der Waals surface area contributed by atoms with E-state index in [1.807, 2.05) is 6.07 Å². The number of fused-ring (bicyclic) bond motifs is 3. The number of hydrogen-bond donors (Lipinski definition) is 5. The van der Waals surface area contributed by atoms with Crippen LogP contribution in [0.4, 0.5) is 0 Å². The summed E-state index contributed by atoms with van der Waals surface area (Å²) in [5.74, 6) is -2.92. The van der Waals surface area contributed by atoms with Gasteiger partial charge in [-0.25, -0.2) is 0 Å². The van der Waals surface area contributed by atoms with Crippen molar-refractivity contribution in [3.8, 4) is 23.0 Å². The molecule has 6 rings (SSSR count). The molecule has 1 fully saturated rings. The Morgan fingerprint density at radius 1 is 1.00 bits per heavy atom. The van der Waals surface area contributed by atoms with Crippen LogP contribution in [-0.2, 0) is 20.7 Å². The molecule has 0 spiro atoms. The lowest BCUT2D eigenvalue weighted by atomic mass is 9.72. The van der Waals surface area contributed by atoms with E-state index in [0.29, 0.717) is 5.75 Å². The summed E-state index contributed by atoms with van der Waals surface area (Å²) in [5, 5.41) is 44.7. The van der Waals surface area contributed by atoms with Crippen molar-refractivity contribution in [3.05, 3.63) is 81.9 Å². The Balaban J connectivity index is 1.41. The topological polar surface area (TPSA) is 195 Å². The van der Waals surface area contributed by atoms with Gasteiger partial charge < -0.3 is 45.1 Å². The van der Waals surface area contributed by atoms with Gasteiger partial charge in [-0.1, -0.05) is 30.3 Å². The van der Waals surface area contributed by atoms with Gasteiger partial charge in [0.25, 0.3) is 0 Å². The molecule has 1 aliphatic heterocycles. The van der Waals surface area contributed by atoms with E-state index in [9.17, 15) is 34.8 Å². The lowest BCUT2D eigenvalue weighted by Crippen LogP contribution is -2.52. The number of ketones is 3. The Morgan fingerprint density at radius 2 is 1.71 bits per heavy atom. The lowest BCUT2D eigenvalue weighted by Gasteiger charge is -2.42. The molecule has 0 radical (unpaired) electrons. The Labute approximate surface area is 257 Å². The van der Waals surface area contributed by atoms with Crippen molar-refractivity contribution >= 4 is 17.3 Å². The first-order valence-corrected chi connectivity index (χ1v) is 14.5. The summed E-state index contributed by atoms with van der Waals surface area (Å²) in [4.78, 5) is 40.5. The van der Waals surface area contributed by atoms with E-state index >= 15 is 0 Å². The number of aliphatic hydroxyl groups excluding tert-OH is 1. The summed E-state index contributed by atoms with van der Waals surface area (Å²) in [6.45, 7) is 2.50. The molecule has 4 unspecified atom stereocenters. The number of ether oxygens (including phenoxy) is 4. The van der Waals surface area contributed by atoms with Crippen LogP contribution in [0.1, 0.15) is 75.8 Å². The first kappa shape index (κ1) is 30.7. The fraction of sp³-hybridized carbons (Fsp3) is 0.364. The quantitative estimate of drug-likeness (QED) is 0.150. The maximum atomic E-state index is 14.1. The maximum Gasteiger partial charge on any atom is 0.230 e. The average molecular weight is 620 g/mol. The predicted octanol–water partition coefficient (Wildman–Crippen LogP) is 2.44. The zero-order valence-electron chi connectivity index (χ0n) is 24.6. The van der Waals surface area contributed by atoms with E-state index < -0.39 is 82.6 Å². The highest BCUT2D eigenvalue weighted by molar-refractivity contribution is 6.31. The molecule has 0 bridgehead atoms. The third-order valence-electron chi connectivity index (χ3n) is 8.76. The van der Waals surface area contributed by atoms with Gasteiger partial charge in [0, 0.05) is 42.0 Å². The monoisotopic (exact) mass is 619 g/mol. The van der Waals surface area contributed by atoms with E-state index in [0.717, 1.165) is 0 Å². The van der Waals surface area contributed by atoms with Crippen LogP contribution < -0.4 is 15.2 Å². The van der Waals surface area contributed by atoms with Crippen molar-refractivity contribution in [1.82, 2.24) is 0 Å². The minimum Gasteiger partial charge on any atom is -0.507 e. The lowest BCUT2D eigenvalue weighted by molar-refractivity contribution is -0.247. The number of phenols is 2. The van der Waals surface area contributed by atoms with Crippen molar-refractivity contribution < 1.29 is 53.8 Å². The van der Waals surface area contributed by atoms with E-state index in [4.69, 9.17) is 24.7 Å². The third-order valence-corrected chi connectivity index (χ3v) is 8.76. The number of rotatable bonds is 7. The van der Waals surface area contributed by atoms with Crippen molar-refractivity contribution in [3.63, 3.8) is 0 Å². The zero-order valence-corrected chi connectivity index (χ0v) is 24.6. The van der Waals surface area contributed by atoms with Crippen LogP contribution >= 0.6 is 0 Å². The molecular formula is C33H33NO11. The van der Waals surface area contributed by atoms with Gasteiger partial charge in [0.05, 0.1) is 35.0 Å². The molecule has 45 heavy (non-hydrogen) atoms. The molecular weight excluding hydrogens is 586 g/mol. The van der Waals surface area contributed by atoms with Crippen molar-refractivity contribution in [2.75, 3.05) is 6.79 Å². The molecule has 1 heterocycles. The fourth-order valence-corrected chi connectivity index (χ4v) is 6.29. The first-order valence-electron chi connectivity index (χ1n) is 14.5. The SMILES string of the molecule is CC(=O)[C@]1(O)Cc2c(O)c3c(c(O)c2[C@@H](OC2CC(N)C(O)C(C)O2)C1)C(=O)c1c(OCOc2ccccc2)cccc1C3=O. The maximum absolute atomic E-state index is 14.1. The predicted molar refractivity (Wildman–Crippen MR) is 156 cm³/mol. The van der Waals surface area contributed by atoms with Gasteiger partial charge in [-0.15, -0.1) is 0 Å². The highest BCUT2D eigenvalue weighted by atomic mass is 16.7. The van der Waals surface area contributed by atoms with Crippen LogP contribution in [0.15, 0.2) is 48.5 Å². The van der Waals surface area contributed by atoms with E-state index in [1.54, 1.807) is 31.2 Å². The number of phenolic OH excluding ortho intramolecular Hbond substituents is 2. The summed E-state index contributed by atoms with van der Waals surface area (Å²) in [6, 6.07) is 12.5. The van der Waals surface area contributed by atoms with Gasteiger partial charge in [0.1, 0.15) is 28.6 Å². The smallest absolute Gasteiger partial charge is 0.230 e. The highest BCUT2D eigenvalue weighted by Gasteiger charge is 2.49. The molecule has 3 aromatic rings. The summed E-state index contributed by atoms with van der Waals surface area (Å²) in [6.07, 6.45) is -4.71. The molecule has 3 aromatic carbocycles. The van der Waals surface area contributed by atoms with Crippen LogP contribution in [0.3, 0.4) is 0 Å². The van der Waals surface area contributed by atoms with Crippen LogP contribution in [0.5, 0.6) is 23.0 Å². The average Bonchev–Trinajstić information content (AvgIpc) is 3.00. The number of hydrogen-bond acceptors (Lipinski definition) is 12. The Bertz CT molecular complexity index is 1680. The molecule has 12 nitrogen and oxygen atoms in total. The molecule has 0 aromatic heterocycles. The zero-order chi connectivity index (χ0) is 32.2. The van der Waals surface area contributed by atoms with Crippen LogP contribution in [-0.4, -0.2) is 74.7 Å². The molecule has 236 valence electrons. The summed E-state index contributed by atoms with van der Waals surface area (Å²) < 4.78 is 23.2. The largest absolute Gasteiger partial charge is 0.507 e. The van der Waals surface area contributed by atoms with Crippen LogP contribution in [0.25, 0.3) is 0 Å². The van der Waals surface area contributed by atoms with E-state index in [2.05, 4.69) is 0 Å². The van der Waals surface area contributed by atoms with E-state index in [-0.39, 0.29) is 47.6 Å². The second kappa shape index (κ2) is 11.5. The van der Waals surface area contributed by atoms with Gasteiger partial charge in [-0.3, -0.25) is 14.4 Å². The minimum absolute atomic E-state index is 0.0277. The fourth-order valence-electron chi connectivity index (χ4n) is 6.29. The number of nitrogens with two attached hydrogens (primary N) is 1. The molecule has 1 saturated heterocycles. The summed E-state index contributed by atoms with van der Waals surface area (Å²) >= 11 is 0. The Kier molecular flexibility index (Phi) is 7.88. The molecule has 0 amide bonds. The number of carbonyl (C=O) groups is 3. The van der Waals surface area contributed by atoms with Crippen LogP contribution in [0.2, 0.25) is 0 Å². The second-order valence-electron chi connectivity index (χ2n) is 11.7. The van der Waals surface area contributed by atoms with Crippen molar-refractivity contribution in [2.24, 2.45) is 5.73 Å². The van der Waals surface area contributed by atoms with Gasteiger partial charge in [-0.05, 0) is 32.0 Å². The van der Waals surface area contributed by atoms with Crippen LogP contribution in [0, 0.1) is 0 Å². The number of para-hydroxylation sites is 1. The van der Waals surface area contributed by atoms with Crippen molar-refractivity contribution in [1.29, 1.82) is 0 Å². The Morgan fingerprint density at radius 3 is 2.40 bits per heavy atom. The second-order valence-corrected chi connectivity index (χ2v) is 11.7. The minimum atomic E-state index is -2.03.